The summed E-state index contributed by atoms with van der Waals surface area (Å²) >= 11 is 0. The molecule has 0 radical (unpaired) electrons. The normalized spacial score (nSPS) is 24.2. The van der Waals surface area contributed by atoms with E-state index >= 15 is 4.39 Å². The number of halogens is 5. The van der Waals surface area contributed by atoms with Crippen LogP contribution < -0.4 is 25.4 Å². The second-order valence-electron chi connectivity index (χ2n) is 10.7. The maximum absolute atomic E-state index is 16.4. The van der Waals surface area contributed by atoms with Crippen LogP contribution in [0.4, 0.5) is 33.5 Å². The lowest BCUT2D eigenvalue weighted by molar-refractivity contribution is -0.137. The third kappa shape index (κ3) is 4.76. The molecule has 41 heavy (non-hydrogen) atoms. The lowest BCUT2D eigenvalue weighted by Crippen LogP contribution is -2.56. The number of rotatable bonds is 4. The second-order valence-corrected chi connectivity index (χ2v) is 10.7. The largest absolute Gasteiger partial charge is 0.472 e. The van der Waals surface area contributed by atoms with Crippen LogP contribution in [0.15, 0.2) is 6.07 Å². The van der Waals surface area contributed by atoms with Crippen LogP contribution in [-0.2, 0) is 10.9 Å². The first-order valence-corrected chi connectivity index (χ1v) is 13.4. The summed E-state index contributed by atoms with van der Waals surface area (Å²) < 4.78 is 91.4. The van der Waals surface area contributed by atoms with Crippen LogP contribution in [0.2, 0.25) is 0 Å². The van der Waals surface area contributed by atoms with E-state index in [4.69, 9.17) is 19.9 Å². The fourth-order valence-corrected chi connectivity index (χ4v) is 5.85. The van der Waals surface area contributed by atoms with Crippen LogP contribution in [-0.4, -0.2) is 65.5 Å². The molecule has 3 aliphatic rings. The summed E-state index contributed by atoms with van der Waals surface area (Å²) in [4.78, 5) is 15.1. The highest BCUT2D eigenvalue weighted by atomic mass is 19.4. The summed E-state index contributed by atoms with van der Waals surface area (Å²) in [6, 6.07) is 0.333. The van der Waals surface area contributed by atoms with Crippen molar-refractivity contribution in [2.24, 2.45) is 0 Å². The summed E-state index contributed by atoms with van der Waals surface area (Å²) in [6.07, 6.45) is -4.03. The molecule has 1 aromatic carbocycles. The zero-order valence-electron chi connectivity index (χ0n) is 22.6. The van der Waals surface area contributed by atoms with Crippen molar-refractivity contribution in [2.75, 3.05) is 36.9 Å². The Hall–Kier alpha value is -3.52. The number of fused-ring (bicyclic) bond motifs is 2. The van der Waals surface area contributed by atoms with Gasteiger partial charge in [-0.3, -0.25) is 0 Å². The van der Waals surface area contributed by atoms with Crippen LogP contribution in [0.1, 0.15) is 37.8 Å². The van der Waals surface area contributed by atoms with Crippen molar-refractivity contribution in [2.45, 2.75) is 64.1 Å². The van der Waals surface area contributed by atoms with Gasteiger partial charge in [-0.05, 0) is 45.2 Å². The van der Waals surface area contributed by atoms with Crippen molar-refractivity contribution in [1.29, 1.82) is 0 Å². The highest BCUT2D eigenvalue weighted by Crippen LogP contribution is 2.46. The quantitative estimate of drug-likeness (QED) is 0.343. The van der Waals surface area contributed by atoms with Gasteiger partial charge >= 0.3 is 12.2 Å². The second kappa shape index (κ2) is 10.1. The predicted octanol–water partition coefficient (Wildman–Crippen LogP) is 4.38. The van der Waals surface area contributed by atoms with Crippen LogP contribution in [0.3, 0.4) is 0 Å². The first kappa shape index (κ1) is 27.6. The average Bonchev–Trinajstić information content (AvgIpc) is 3.30. The zero-order chi connectivity index (χ0) is 29.2. The van der Waals surface area contributed by atoms with Crippen molar-refractivity contribution >= 4 is 22.4 Å². The molecule has 2 aromatic heterocycles. The number of nitrogen functional groups attached to an aromatic ring is 1. The Balaban J connectivity index is 1.58. The molecule has 0 amide bonds. The van der Waals surface area contributed by atoms with Crippen LogP contribution >= 0.6 is 0 Å². The molecule has 0 bridgehead atoms. The number of piperazine rings is 1. The zero-order valence-corrected chi connectivity index (χ0v) is 22.6. The standard InChI is InChI=1S/C27H29F5N6O3/c1-11-4-5-14(40-11)10-39-26-36-23-18-24(37-26)38-7-6-34-9-17(38)13(3)41-25(18)35-22(21(23)29)15-8-16(33)20(28)12(2)19(15)27(30,31)32/h8,11,13-14,17,34H,4-7,9-10,33H2,1-3H3/t11-,13-,14-,17-/m0/s1. The fourth-order valence-electron chi connectivity index (χ4n) is 5.85. The SMILES string of the molecule is Cc1c(F)c(N)cc(-c2nc3c4c(nc(OC[C@@H]5CC[C@H](C)O5)nc4c2F)N2CCNC[C@H]2[C@H](C)O3)c1C(F)(F)F. The minimum Gasteiger partial charge on any atom is -0.472 e. The fraction of sp³-hybridized carbons (Fsp3) is 0.519. The number of anilines is 2. The Morgan fingerprint density at radius 2 is 1.93 bits per heavy atom. The van der Waals surface area contributed by atoms with Crippen molar-refractivity contribution in [3.8, 4) is 23.1 Å². The molecule has 0 unspecified atom stereocenters. The van der Waals surface area contributed by atoms with Gasteiger partial charge in [0.25, 0.3) is 0 Å². The number of hydrogen-bond acceptors (Lipinski definition) is 9. The van der Waals surface area contributed by atoms with E-state index in [9.17, 15) is 17.6 Å². The molecular formula is C27H29F5N6O3. The van der Waals surface area contributed by atoms with Gasteiger partial charge in [0.05, 0.1) is 29.5 Å². The van der Waals surface area contributed by atoms with E-state index in [0.29, 0.717) is 25.5 Å². The van der Waals surface area contributed by atoms with Crippen LogP contribution in [0, 0.1) is 18.6 Å². The van der Waals surface area contributed by atoms with Gasteiger partial charge in [-0.15, -0.1) is 0 Å². The number of nitrogens with zero attached hydrogens (tertiary/aromatic N) is 4. The molecule has 2 fully saturated rings. The number of nitrogens with one attached hydrogen (secondary N) is 1. The van der Waals surface area contributed by atoms with Gasteiger partial charge in [-0.2, -0.15) is 23.1 Å². The molecule has 0 saturated carbocycles. The Labute approximate surface area is 232 Å². The minimum absolute atomic E-state index is 0.0779. The summed E-state index contributed by atoms with van der Waals surface area (Å²) in [6.45, 7) is 6.44. The van der Waals surface area contributed by atoms with E-state index < -0.39 is 52.0 Å². The molecule has 2 saturated heterocycles. The number of aromatic nitrogens is 3. The van der Waals surface area contributed by atoms with Gasteiger partial charge in [0.2, 0.25) is 5.88 Å². The van der Waals surface area contributed by atoms with Gasteiger partial charge in [-0.1, -0.05) is 0 Å². The summed E-state index contributed by atoms with van der Waals surface area (Å²) in [5.74, 6) is -2.23. The first-order valence-electron chi connectivity index (χ1n) is 13.4. The van der Waals surface area contributed by atoms with E-state index in [1.54, 1.807) is 6.92 Å². The smallest absolute Gasteiger partial charge is 0.417 e. The van der Waals surface area contributed by atoms with Crippen LogP contribution in [0.5, 0.6) is 11.9 Å². The molecule has 9 nitrogen and oxygen atoms in total. The number of ether oxygens (including phenoxy) is 3. The summed E-state index contributed by atoms with van der Waals surface area (Å²) in [5.41, 5.74) is 1.21. The van der Waals surface area contributed by atoms with Gasteiger partial charge in [-0.25, -0.2) is 13.8 Å². The Kier molecular flexibility index (Phi) is 6.80. The lowest BCUT2D eigenvalue weighted by atomic mass is 9.96. The van der Waals surface area contributed by atoms with E-state index in [1.165, 1.54) is 0 Å². The molecule has 5 heterocycles. The molecule has 0 spiro atoms. The highest BCUT2D eigenvalue weighted by molar-refractivity contribution is 5.97. The van der Waals surface area contributed by atoms with E-state index in [1.807, 2.05) is 11.8 Å². The van der Waals surface area contributed by atoms with E-state index in [2.05, 4.69) is 20.3 Å². The van der Waals surface area contributed by atoms with E-state index in [-0.39, 0.29) is 47.7 Å². The van der Waals surface area contributed by atoms with Gasteiger partial charge in [0, 0.05) is 25.2 Å². The lowest BCUT2D eigenvalue weighted by Gasteiger charge is -2.38. The Morgan fingerprint density at radius 3 is 2.63 bits per heavy atom. The minimum atomic E-state index is -5.03. The van der Waals surface area contributed by atoms with Gasteiger partial charge in [0.15, 0.2) is 5.82 Å². The van der Waals surface area contributed by atoms with Gasteiger partial charge in [0.1, 0.15) is 40.9 Å². The average molecular weight is 581 g/mol. The van der Waals surface area contributed by atoms with Crippen molar-refractivity contribution in [1.82, 2.24) is 20.3 Å². The maximum atomic E-state index is 16.4. The number of benzene rings is 1. The molecule has 3 N–H and O–H groups in total. The monoisotopic (exact) mass is 580 g/mol. The molecule has 3 aliphatic heterocycles. The number of nitrogens with two attached hydrogens (primary N) is 1. The molecule has 4 atom stereocenters. The molecule has 14 heteroatoms. The molecule has 3 aromatic rings. The third-order valence-electron chi connectivity index (χ3n) is 7.89. The van der Waals surface area contributed by atoms with Crippen molar-refractivity contribution in [3.63, 3.8) is 0 Å². The summed E-state index contributed by atoms with van der Waals surface area (Å²) in [7, 11) is 0. The van der Waals surface area contributed by atoms with E-state index in [0.717, 1.165) is 25.8 Å². The number of hydrogen-bond donors (Lipinski definition) is 2. The molecule has 220 valence electrons. The molecule has 0 aliphatic carbocycles. The number of pyridine rings is 1. The predicted molar refractivity (Wildman–Crippen MR) is 140 cm³/mol. The number of alkyl halides is 3. The Morgan fingerprint density at radius 1 is 1.15 bits per heavy atom. The molecule has 6 rings (SSSR count). The van der Waals surface area contributed by atoms with Crippen molar-refractivity contribution < 1.29 is 36.2 Å². The Bertz CT molecular complexity index is 1520. The highest BCUT2D eigenvalue weighted by Gasteiger charge is 2.41. The summed E-state index contributed by atoms with van der Waals surface area (Å²) in [5, 5.41) is 3.40. The first-order chi connectivity index (χ1) is 19.4. The van der Waals surface area contributed by atoms with Crippen LogP contribution in [0.25, 0.3) is 22.2 Å². The van der Waals surface area contributed by atoms with Gasteiger partial charge < -0.3 is 30.2 Å². The molecular weight excluding hydrogens is 551 g/mol. The topological polar surface area (TPSA) is 108 Å². The third-order valence-corrected chi connectivity index (χ3v) is 7.89. The van der Waals surface area contributed by atoms with Crippen molar-refractivity contribution in [3.05, 3.63) is 28.8 Å². The maximum Gasteiger partial charge on any atom is 0.417 e.